The van der Waals surface area contributed by atoms with Crippen LogP contribution >= 0.6 is 0 Å². The van der Waals surface area contributed by atoms with Crippen LogP contribution in [0.5, 0.6) is 0 Å². The summed E-state index contributed by atoms with van der Waals surface area (Å²) in [6.07, 6.45) is -1.55. The molecule has 3 N–H and O–H groups in total. The van der Waals surface area contributed by atoms with E-state index in [2.05, 4.69) is 5.32 Å². The molecule has 2 atom stereocenters. The molecule has 0 radical (unpaired) electrons. The van der Waals surface area contributed by atoms with Crippen LogP contribution in [0, 0.1) is 0 Å². The minimum atomic E-state index is -1.55. The maximum atomic E-state index is 11.4. The highest BCUT2D eigenvalue weighted by atomic mass is 16.4. The van der Waals surface area contributed by atoms with Crippen molar-refractivity contribution in [3.05, 3.63) is 29.3 Å². The summed E-state index contributed by atoms with van der Waals surface area (Å²) in [4.78, 5) is 22.0. The van der Waals surface area contributed by atoms with Crippen molar-refractivity contribution in [2.24, 2.45) is 0 Å². The topological polar surface area (TPSA) is 86.6 Å². The summed E-state index contributed by atoms with van der Waals surface area (Å²) >= 11 is 0. The zero-order valence-electron chi connectivity index (χ0n) is 8.60. The van der Waals surface area contributed by atoms with Gasteiger partial charge < -0.3 is 15.5 Å². The molecule has 1 aromatic carbocycles. The van der Waals surface area contributed by atoms with Gasteiger partial charge in [-0.2, -0.15) is 0 Å². The van der Waals surface area contributed by atoms with Gasteiger partial charge in [0, 0.05) is 5.69 Å². The smallest absolute Gasteiger partial charge is 0.337 e. The first kappa shape index (κ1) is 10.6. The fraction of sp³-hybridized carbons (Fsp3) is 0.273. The number of carbonyl (C=O) groups is 2. The first-order valence-electron chi connectivity index (χ1n) is 4.86. The summed E-state index contributed by atoms with van der Waals surface area (Å²) in [5.41, 5.74) is 1.69. The van der Waals surface area contributed by atoms with Crippen LogP contribution in [0.4, 0.5) is 5.69 Å². The lowest BCUT2D eigenvalue weighted by Crippen LogP contribution is -2.10. The molecular formula is C11H11NO4. The number of aliphatic hydroxyl groups excluding tert-OH is 1. The molecule has 5 heteroatoms. The number of carboxylic acid groups (broad SMARTS) is 1. The molecule has 84 valence electrons. The lowest BCUT2D eigenvalue weighted by Gasteiger charge is -2.08. The molecule has 16 heavy (non-hydrogen) atoms. The zero-order valence-corrected chi connectivity index (χ0v) is 8.60. The molecule has 1 aromatic rings. The Hall–Kier alpha value is -1.88. The van der Waals surface area contributed by atoms with Gasteiger partial charge in [-0.05, 0) is 30.2 Å². The Morgan fingerprint density at radius 3 is 2.81 bits per heavy atom. The molecule has 0 fully saturated rings. The maximum Gasteiger partial charge on any atom is 0.337 e. The number of rotatable bonds is 2. The van der Waals surface area contributed by atoms with Crippen LogP contribution in [-0.2, 0) is 9.59 Å². The molecular weight excluding hydrogens is 210 g/mol. The highest BCUT2D eigenvalue weighted by Gasteiger charge is 2.28. The standard InChI is InChI=1S/C11H11NO4/c1-5-7-4-6(9(13)11(15)16)2-3-8(7)12-10(5)14/h2-5,9,13H,1H3,(H,12,14)(H,15,16). The fourth-order valence-corrected chi connectivity index (χ4v) is 1.75. The first-order chi connectivity index (χ1) is 7.50. The third kappa shape index (κ3) is 1.55. The number of aliphatic carboxylic acids is 1. The highest BCUT2D eigenvalue weighted by Crippen LogP contribution is 2.33. The van der Waals surface area contributed by atoms with E-state index < -0.39 is 12.1 Å². The van der Waals surface area contributed by atoms with Gasteiger partial charge in [0.2, 0.25) is 5.91 Å². The molecule has 0 spiro atoms. The molecule has 0 saturated carbocycles. The van der Waals surface area contributed by atoms with E-state index in [1.165, 1.54) is 6.07 Å². The number of carbonyl (C=O) groups excluding carboxylic acids is 1. The lowest BCUT2D eigenvalue weighted by molar-refractivity contribution is -0.146. The predicted octanol–water partition coefficient (Wildman–Crippen LogP) is 0.860. The Kier molecular flexibility index (Phi) is 2.40. The Balaban J connectivity index is 2.41. The first-order valence-corrected chi connectivity index (χ1v) is 4.86. The van der Waals surface area contributed by atoms with Crippen LogP contribution in [0.1, 0.15) is 30.1 Å². The molecule has 1 aliphatic rings. The largest absolute Gasteiger partial charge is 0.479 e. The van der Waals surface area contributed by atoms with Gasteiger partial charge in [0.15, 0.2) is 6.10 Å². The molecule has 5 nitrogen and oxygen atoms in total. The van der Waals surface area contributed by atoms with E-state index >= 15 is 0 Å². The fourth-order valence-electron chi connectivity index (χ4n) is 1.75. The third-order valence-corrected chi connectivity index (χ3v) is 2.74. The van der Waals surface area contributed by atoms with Crippen molar-refractivity contribution in [1.29, 1.82) is 0 Å². The van der Waals surface area contributed by atoms with E-state index in [0.717, 1.165) is 5.56 Å². The second-order valence-electron chi connectivity index (χ2n) is 3.80. The average Bonchev–Trinajstić information content (AvgIpc) is 2.53. The molecule has 0 saturated heterocycles. The minimum Gasteiger partial charge on any atom is -0.479 e. The quantitative estimate of drug-likeness (QED) is 0.691. The van der Waals surface area contributed by atoms with Crippen molar-refractivity contribution in [2.75, 3.05) is 5.32 Å². The van der Waals surface area contributed by atoms with Gasteiger partial charge in [-0.25, -0.2) is 4.79 Å². The Labute approximate surface area is 91.7 Å². The van der Waals surface area contributed by atoms with Gasteiger partial charge in [0.1, 0.15) is 0 Å². The van der Waals surface area contributed by atoms with Crippen LogP contribution in [0.2, 0.25) is 0 Å². The highest BCUT2D eigenvalue weighted by molar-refractivity contribution is 6.02. The van der Waals surface area contributed by atoms with Crippen LogP contribution in [0.25, 0.3) is 0 Å². The third-order valence-electron chi connectivity index (χ3n) is 2.74. The van der Waals surface area contributed by atoms with Crippen LogP contribution in [-0.4, -0.2) is 22.1 Å². The van der Waals surface area contributed by atoms with Crippen LogP contribution < -0.4 is 5.32 Å². The van der Waals surface area contributed by atoms with Gasteiger partial charge in [0.05, 0.1) is 5.92 Å². The zero-order chi connectivity index (χ0) is 11.9. The summed E-state index contributed by atoms with van der Waals surface area (Å²) in [6, 6.07) is 4.66. The Morgan fingerprint density at radius 2 is 2.19 bits per heavy atom. The van der Waals surface area contributed by atoms with Crippen molar-refractivity contribution in [2.45, 2.75) is 18.9 Å². The van der Waals surface area contributed by atoms with Crippen LogP contribution in [0.15, 0.2) is 18.2 Å². The van der Waals surface area contributed by atoms with Crippen molar-refractivity contribution < 1.29 is 19.8 Å². The second kappa shape index (κ2) is 3.61. The van der Waals surface area contributed by atoms with Crippen molar-refractivity contribution in [1.82, 2.24) is 0 Å². The second-order valence-corrected chi connectivity index (χ2v) is 3.80. The minimum absolute atomic E-state index is 0.114. The van der Waals surface area contributed by atoms with E-state index in [4.69, 9.17) is 5.11 Å². The van der Waals surface area contributed by atoms with E-state index in [1.807, 2.05) is 0 Å². The molecule has 0 aromatic heterocycles. The number of hydrogen-bond acceptors (Lipinski definition) is 3. The molecule has 2 rings (SSSR count). The van der Waals surface area contributed by atoms with E-state index in [9.17, 15) is 14.7 Å². The monoisotopic (exact) mass is 221 g/mol. The lowest BCUT2D eigenvalue weighted by atomic mass is 9.98. The number of aliphatic hydroxyl groups is 1. The molecule has 1 heterocycles. The van der Waals surface area contributed by atoms with Gasteiger partial charge in [-0.1, -0.05) is 6.07 Å². The number of benzene rings is 1. The molecule has 0 aliphatic carbocycles. The average molecular weight is 221 g/mol. The summed E-state index contributed by atoms with van der Waals surface area (Å²) in [5, 5.41) is 20.7. The van der Waals surface area contributed by atoms with E-state index in [0.29, 0.717) is 5.69 Å². The van der Waals surface area contributed by atoms with Crippen molar-refractivity contribution >= 4 is 17.6 Å². The number of amides is 1. The summed E-state index contributed by atoms with van der Waals surface area (Å²) in [7, 11) is 0. The summed E-state index contributed by atoms with van der Waals surface area (Å²) in [6.45, 7) is 1.73. The number of hydrogen-bond donors (Lipinski definition) is 3. The number of anilines is 1. The number of fused-ring (bicyclic) bond motifs is 1. The van der Waals surface area contributed by atoms with Crippen LogP contribution in [0.3, 0.4) is 0 Å². The number of carboxylic acids is 1. The molecule has 1 amide bonds. The van der Waals surface area contributed by atoms with E-state index in [1.54, 1.807) is 19.1 Å². The van der Waals surface area contributed by atoms with Gasteiger partial charge in [0.25, 0.3) is 0 Å². The molecule has 1 aliphatic heterocycles. The predicted molar refractivity (Wildman–Crippen MR) is 56.1 cm³/mol. The van der Waals surface area contributed by atoms with Gasteiger partial charge in [-0.15, -0.1) is 0 Å². The Morgan fingerprint density at radius 1 is 1.50 bits per heavy atom. The SMILES string of the molecule is CC1C(=O)Nc2ccc(C(O)C(=O)O)cc21. The van der Waals surface area contributed by atoms with Gasteiger partial charge in [-0.3, -0.25) is 4.79 Å². The van der Waals surface area contributed by atoms with E-state index in [-0.39, 0.29) is 17.4 Å². The number of nitrogens with one attached hydrogen (secondary N) is 1. The van der Waals surface area contributed by atoms with Crippen molar-refractivity contribution in [3.63, 3.8) is 0 Å². The summed E-state index contributed by atoms with van der Waals surface area (Å²) in [5.74, 6) is -1.72. The Bertz CT molecular complexity index is 469. The maximum absolute atomic E-state index is 11.4. The molecule has 2 unspecified atom stereocenters. The molecule has 0 bridgehead atoms. The normalized spacial score (nSPS) is 20.1. The van der Waals surface area contributed by atoms with Crippen molar-refractivity contribution in [3.8, 4) is 0 Å². The summed E-state index contributed by atoms with van der Waals surface area (Å²) < 4.78 is 0. The van der Waals surface area contributed by atoms with Gasteiger partial charge >= 0.3 is 5.97 Å².